The summed E-state index contributed by atoms with van der Waals surface area (Å²) in [4.78, 5) is 15.8. The van der Waals surface area contributed by atoms with Gasteiger partial charge >= 0.3 is 0 Å². The summed E-state index contributed by atoms with van der Waals surface area (Å²) in [6.45, 7) is 0.0671. The lowest BCUT2D eigenvalue weighted by Gasteiger charge is -2.12. The van der Waals surface area contributed by atoms with Gasteiger partial charge in [-0.2, -0.15) is 4.31 Å². The quantitative estimate of drug-likeness (QED) is 0.762. The second-order valence-electron chi connectivity index (χ2n) is 5.30. The van der Waals surface area contributed by atoms with Crippen LogP contribution in [0.3, 0.4) is 0 Å². The summed E-state index contributed by atoms with van der Waals surface area (Å²) in [5.41, 5.74) is 0.843. The van der Waals surface area contributed by atoms with Gasteiger partial charge in [0.15, 0.2) is 0 Å². The van der Waals surface area contributed by atoms with E-state index in [4.69, 9.17) is 4.74 Å². The number of nitrogens with zero attached hydrogens (tertiary/aromatic N) is 2. The second kappa shape index (κ2) is 8.46. The molecule has 2 rings (SSSR count). The third kappa shape index (κ3) is 6.06. The average molecular weight is 361 g/mol. The number of likely N-dealkylation sites (N-methyl/N-ethyl adjacent to an activating group) is 1. The number of hydrogen-bond acceptors (Lipinski definition) is 5. The van der Waals surface area contributed by atoms with Crippen LogP contribution in [0.2, 0.25) is 0 Å². The highest BCUT2D eigenvalue weighted by Gasteiger charge is 2.14. The van der Waals surface area contributed by atoms with Gasteiger partial charge in [0.25, 0.3) is 0 Å². The first-order chi connectivity index (χ1) is 11.9. The lowest BCUT2D eigenvalue weighted by Crippen LogP contribution is -2.37. The van der Waals surface area contributed by atoms with E-state index in [0.717, 1.165) is 21.5 Å². The molecule has 0 unspecified atom stereocenters. The number of aromatic nitrogens is 1. The molecule has 0 aliphatic carbocycles. The van der Waals surface area contributed by atoms with Crippen LogP contribution in [0.25, 0.3) is 10.9 Å². The van der Waals surface area contributed by atoms with Gasteiger partial charge in [0.1, 0.15) is 12.4 Å². The molecule has 0 saturated heterocycles. The average Bonchev–Trinajstić information content (AvgIpc) is 2.57. The molecule has 0 atom stereocenters. The van der Waals surface area contributed by atoms with Crippen LogP contribution in [0.4, 0.5) is 0 Å². The molecule has 1 aromatic carbocycles. The molecular weight excluding hydrogens is 342 g/mol. The molecule has 1 aromatic heterocycles. The summed E-state index contributed by atoms with van der Waals surface area (Å²) in [7, 11) is -2.03. The van der Waals surface area contributed by atoms with Crippen molar-refractivity contribution in [3.63, 3.8) is 0 Å². The first-order valence-corrected chi connectivity index (χ1v) is 9.32. The number of fused-ring (bicyclic) bond motifs is 1. The summed E-state index contributed by atoms with van der Waals surface area (Å²) >= 11 is 0. The normalized spacial score (nSPS) is 11.0. The Balaban J connectivity index is 1.74. The Kier molecular flexibility index (Phi) is 6.33. The fourth-order valence-electron chi connectivity index (χ4n) is 1.89. The van der Waals surface area contributed by atoms with Crippen LogP contribution in [0.5, 0.6) is 5.75 Å². The summed E-state index contributed by atoms with van der Waals surface area (Å²) in [6.07, 6.45) is 2.76. The summed E-state index contributed by atoms with van der Waals surface area (Å²) in [6, 6.07) is 9.43. The molecule has 8 heteroatoms. The molecule has 0 saturated carbocycles. The minimum Gasteiger partial charge on any atom is -0.481 e. The Bertz CT molecular complexity index is 916. The van der Waals surface area contributed by atoms with Crippen molar-refractivity contribution in [3.05, 3.63) is 36.5 Å². The highest BCUT2D eigenvalue weighted by atomic mass is 32.2. The molecular formula is C17H19N3O4S. The zero-order valence-electron chi connectivity index (χ0n) is 14.0. The molecule has 1 heterocycles. The summed E-state index contributed by atoms with van der Waals surface area (Å²) in [5, 5.41) is 3.55. The predicted molar refractivity (Wildman–Crippen MR) is 95.5 cm³/mol. The van der Waals surface area contributed by atoms with Gasteiger partial charge in [0, 0.05) is 24.7 Å². The molecule has 0 aliphatic heterocycles. The molecule has 0 bridgehead atoms. The zero-order valence-corrected chi connectivity index (χ0v) is 14.8. The van der Waals surface area contributed by atoms with Crippen molar-refractivity contribution in [2.45, 2.75) is 0 Å². The first kappa shape index (κ1) is 18.7. The minimum absolute atomic E-state index is 0.124. The molecule has 7 nitrogen and oxygen atoms in total. The van der Waals surface area contributed by atoms with E-state index in [2.05, 4.69) is 22.1 Å². The number of carbonyl (C=O) groups excluding carboxylic acids is 1. The monoisotopic (exact) mass is 361 g/mol. The lowest BCUT2D eigenvalue weighted by molar-refractivity contribution is -0.120. The third-order valence-electron chi connectivity index (χ3n) is 3.32. The SMILES string of the molecule is CN(CC(=O)NCC#CCOc1ccc2cccnc2c1)S(C)(=O)=O. The van der Waals surface area contributed by atoms with Crippen LogP contribution < -0.4 is 10.1 Å². The highest BCUT2D eigenvalue weighted by molar-refractivity contribution is 7.88. The van der Waals surface area contributed by atoms with Crippen molar-refractivity contribution in [1.82, 2.24) is 14.6 Å². The van der Waals surface area contributed by atoms with Crippen LogP contribution in [0.15, 0.2) is 36.5 Å². The molecule has 1 N–H and O–H groups in total. The van der Waals surface area contributed by atoms with Crippen LogP contribution in [-0.2, 0) is 14.8 Å². The predicted octanol–water partition coefficient (Wildman–Crippen LogP) is 0.625. The number of nitrogens with one attached hydrogen (secondary N) is 1. The van der Waals surface area contributed by atoms with Crippen LogP contribution in [0, 0.1) is 11.8 Å². The van der Waals surface area contributed by atoms with Crippen molar-refractivity contribution in [1.29, 1.82) is 0 Å². The van der Waals surface area contributed by atoms with Crippen molar-refractivity contribution >= 4 is 26.8 Å². The number of amides is 1. The van der Waals surface area contributed by atoms with Gasteiger partial charge in [-0.15, -0.1) is 0 Å². The number of rotatable bonds is 6. The Hall–Kier alpha value is -2.63. The maximum atomic E-state index is 11.6. The second-order valence-corrected chi connectivity index (χ2v) is 7.39. The fourth-order valence-corrected chi connectivity index (χ4v) is 2.24. The minimum atomic E-state index is -3.37. The lowest BCUT2D eigenvalue weighted by atomic mass is 10.2. The van der Waals surface area contributed by atoms with E-state index in [0.29, 0.717) is 5.75 Å². The summed E-state index contributed by atoms with van der Waals surface area (Å²) in [5.74, 6) is 5.78. The first-order valence-electron chi connectivity index (χ1n) is 7.47. The van der Waals surface area contributed by atoms with Crippen LogP contribution in [0.1, 0.15) is 0 Å². The summed E-state index contributed by atoms with van der Waals surface area (Å²) < 4.78 is 28.9. The number of pyridine rings is 1. The van der Waals surface area contributed by atoms with Gasteiger partial charge < -0.3 is 10.1 Å². The number of sulfonamides is 1. The molecule has 0 fully saturated rings. The number of hydrogen-bond donors (Lipinski definition) is 1. The largest absolute Gasteiger partial charge is 0.481 e. The Morgan fingerprint density at radius 1 is 1.32 bits per heavy atom. The molecule has 0 aliphatic rings. The molecule has 0 spiro atoms. The van der Waals surface area contributed by atoms with Crippen molar-refractivity contribution in [2.24, 2.45) is 0 Å². The van der Waals surface area contributed by atoms with Crippen LogP contribution >= 0.6 is 0 Å². The van der Waals surface area contributed by atoms with Crippen LogP contribution in [-0.4, -0.2) is 56.6 Å². The smallest absolute Gasteiger partial charge is 0.236 e. The van der Waals surface area contributed by atoms with Crippen molar-refractivity contribution < 1.29 is 17.9 Å². The van der Waals surface area contributed by atoms with E-state index < -0.39 is 15.9 Å². The third-order valence-corrected chi connectivity index (χ3v) is 4.58. The van der Waals surface area contributed by atoms with Crippen molar-refractivity contribution in [3.8, 4) is 17.6 Å². The maximum absolute atomic E-state index is 11.6. The standard InChI is InChI=1S/C17H19N3O4S/c1-20(25(2,22)23)13-17(21)19-9-3-4-11-24-15-8-7-14-6-5-10-18-16(14)12-15/h5-8,10,12H,9,11,13H2,1-2H3,(H,19,21). The molecule has 0 radical (unpaired) electrons. The molecule has 1 amide bonds. The van der Waals surface area contributed by atoms with E-state index in [1.165, 1.54) is 7.05 Å². The Morgan fingerprint density at radius 2 is 2.12 bits per heavy atom. The van der Waals surface area contributed by atoms with E-state index >= 15 is 0 Å². The number of ether oxygens (including phenoxy) is 1. The highest BCUT2D eigenvalue weighted by Crippen LogP contribution is 2.18. The fraction of sp³-hybridized carbons (Fsp3) is 0.294. The van der Waals surface area contributed by atoms with E-state index in [1.54, 1.807) is 6.20 Å². The molecule has 132 valence electrons. The van der Waals surface area contributed by atoms with E-state index in [9.17, 15) is 13.2 Å². The maximum Gasteiger partial charge on any atom is 0.236 e. The molecule has 25 heavy (non-hydrogen) atoms. The zero-order chi connectivity index (χ0) is 18.3. The van der Waals surface area contributed by atoms with E-state index in [1.807, 2.05) is 30.3 Å². The topological polar surface area (TPSA) is 88.6 Å². The van der Waals surface area contributed by atoms with Gasteiger partial charge in [0.05, 0.1) is 24.9 Å². The van der Waals surface area contributed by atoms with Gasteiger partial charge in [-0.3, -0.25) is 9.78 Å². The van der Waals surface area contributed by atoms with Crippen molar-refractivity contribution in [2.75, 3.05) is 33.0 Å². The van der Waals surface area contributed by atoms with Gasteiger partial charge in [0.2, 0.25) is 15.9 Å². The Morgan fingerprint density at radius 3 is 2.88 bits per heavy atom. The van der Waals surface area contributed by atoms with Gasteiger partial charge in [-0.05, 0) is 18.2 Å². The van der Waals surface area contributed by atoms with Gasteiger partial charge in [-0.25, -0.2) is 8.42 Å². The molecule has 2 aromatic rings. The Labute approximate surface area is 147 Å². The number of benzene rings is 1. The van der Waals surface area contributed by atoms with E-state index in [-0.39, 0.29) is 19.7 Å². The van der Waals surface area contributed by atoms with Gasteiger partial charge in [-0.1, -0.05) is 17.9 Å². The number of carbonyl (C=O) groups is 1.